The molecule has 2 aromatic rings. The molecule has 6 heteroatoms. The molecule has 126 valence electrons. The average Bonchev–Trinajstić information content (AvgIpc) is 2.58. The number of nitrogens with one attached hydrogen (secondary N) is 2. The molecular formula is C18H19ClN2O3. The summed E-state index contributed by atoms with van der Waals surface area (Å²) >= 11 is 6.01. The smallest absolute Gasteiger partial charge is 0.243 e. The van der Waals surface area contributed by atoms with Crippen molar-refractivity contribution in [3.8, 4) is 5.75 Å². The van der Waals surface area contributed by atoms with E-state index >= 15 is 0 Å². The number of methoxy groups -OCH3 is 1. The molecule has 0 fully saturated rings. The SMILES string of the molecule is COc1ccc(CC(=O)NCC(=O)Nc2cccc(Cl)c2C)cc1. The van der Waals surface area contributed by atoms with Crippen LogP contribution in [0.3, 0.4) is 0 Å². The van der Waals surface area contributed by atoms with Gasteiger partial charge in [0.2, 0.25) is 11.8 Å². The van der Waals surface area contributed by atoms with E-state index in [1.165, 1.54) is 0 Å². The lowest BCUT2D eigenvalue weighted by Crippen LogP contribution is -2.33. The van der Waals surface area contributed by atoms with Crippen LogP contribution in [0.5, 0.6) is 5.75 Å². The van der Waals surface area contributed by atoms with Crippen LogP contribution in [-0.4, -0.2) is 25.5 Å². The molecule has 2 aromatic carbocycles. The minimum Gasteiger partial charge on any atom is -0.497 e. The summed E-state index contributed by atoms with van der Waals surface area (Å²) in [7, 11) is 1.59. The monoisotopic (exact) mass is 346 g/mol. The molecule has 0 aliphatic heterocycles. The van der Waals surface area contributed by atoms with Crippen LogP contribution in [-0.2, 0) is 16.0 Å². The van der Waals surface area contributed by atoms with Gasteiger partial charge < -0.3 is 15.4 Å². The van der Waals surface area contributed by atoms with Gasteiger partial charge in [0.1, 0.15) is 5.75 Å². The van der Waals surface area contributed by atoms with Gasteiger partial charge in [0.25, 0.3) is 0 Å². The van der Waals surface area contributed by atoms with Gasteiger partial charge in [-0.25, -0.2) is 0 Å². The third-order valence-corrected chi connectivity index (χ3v) is 3.92. The average molecular weight is 347 g/mol. The molecule has 0 saturated heterocycles. The normalized spacial score (nSPS) is 10.1. The molecule has 0 saturated carbocycles. The minimum absolute atomic E-state index is 0.0963. The van der Waals surface area contributed by atoms with E-state index < -0.39 is 0 Å². The van der Waals surface area contributed by atoms with Gasteiger partial charge in [0, 0.05) is 10.7 Å². The Hall–Kier alpha value is -2.53. The van der Waals surface area contributed by atoms with Crippen LogP contribution in [0.4, 0.5) is 5.69 Å². The maximum atomic E-state index is 11.9. The Balaban J connectivity index is 1.82. The number of anilines is 1. The first kappa shape index (κ1) is 17.8. The predicted octanol–water partition coefficient (Wildman–Crippen LogP) is 2.95. The molecule has 24 heavy (non-hydrogen) atoms. The fraction of sp³-hybridized carbons (Fsp3) is 0.222. The Kier molecular flexibility index (Phi) is 6.21. The summed E-state index contributed by atoms with van der Waals surface area (Å²) in [6.07, 6.45) is 0.202. The number of hydrogen-bond acceptors (Lipinski definition) is 3. The second kappa shape index (κ2) is 8.36. The number of benzene rings is 2. The standard InChI is InChI=1S/C18H19ClN2O3/c1-12-15(19)4-3-5-16(12)21-18(23)11-20-17(22)10-13-6-8-14(24-2)9-7-13/h3-9H,10-11H2,1-2H3,(H,20,22)(H,21,23). The molecule has 2 N–H and O–H groups in total. The van der Waals surface area contributed by atoms with Crippen molar-refractivity contribution in [1.82, 2.24) is 5.32 Å². The molecule has 0 aromatic heterocycles. The third-order valence-electron chi connectivity index (χ3n) is 3.51. The maximum absolute atomic E-state index is 11.9. The largest absolute Gasteiger partial charge is 0.497 e. The van der Waals surface area contributed by atoms with Crippen LogP contribution < -0.4 is 15.4 Å². The zero-order valence-electron chi connectivity index (χ0n) is 13.6. The maximum Gasteiger partial charge on any atom is 0.243 e. The molecule has 0 aliphatic carbocycles. The molecule has 0 unspecified atom stereocenters. The molecule has 0 radical (unpaired) electrons. The highest BCUT2D eigenvalue weighted by Gasteiger charge is 2.09. The Morgan fingerprint density at radius 3 is 2.46 bits per heavy atom. The number of hydrogen-bond donors (Lipinski definition) is 2. The Labute approximate surface area is 146 Å². The third kappa shape index (κ3) is 4.99. The Morgan fingerprint density at radius 2 is 1.79 bits per heavy atom. The first-order chi connectivity index (χ1) is 11.5. The van der Waals surface area contributed by atoms with Gasteiger partial charge in [-0.3, -0.25) is 9.59 Å². The summed E-state index contributed by atoms with van der Waals surface area (Å²) in [4.78, 5) is 23.8. The molecule has 0 spiro atoms. The molecule has 0 aliphatic rings. The van der Waals surface area contributed by atoms with E-state index in [9.17, 15) is 9.59 Å². The van der Waals surface area contributed by atoms with E-state index in [2.05, 4.69) is 10.6 Å². The molecule has 2 rings (SSSR count). The van der Waals surface area contributed by atoms with Gasteiger partial charge in [-0.2, -0.15) is 0 Å². The zero-order chi connectivity index (χ0) is 17.5. The number of ether oxygens (including phenoxy) is 1. The molecule has 2 amide bonds. The first-order valence-corrected chi connectivity index (χ1v) is 7.82. The summed E-state index contributed by atoms with van der Waals surface area (Å²) in [5, 5.41) is 5.91. The second-order valence-corrected chi connectivity index (χ2v) is 5.67. The predicted molar refractivity (Wildman–Crippen MR) is 94.5 cm³/mol. The van der Waals surface area contributed by atoms with Crippen molar-refractivity contribution in [3.63, 3.8) is 0 Å². The van der Waals surface area contributed by atoms with E-state index in [1.54, 1.807) is 37.4 Å². The van der Waals surface area contributed by atoms with Gasteiger partial charge in [0.15, 0.2) is 0 Å². The van der Waals surface area contributed by atoms with Crippen LogP contribution in [0.1, 0.15) is 11.1 Å². The van der Waals surface area contributed by atoms with E-state index in [-0.39, 0.29) is 24.8 Å². The lowest BCUT2D eigenvalue weighted by atomic mass is 10.1. The van der Waals surface area contributed by atoms with Crippen LogP contribution >= 0.6 is 11.6 Å². The zero-order valence-corrected chi connectivity index (χ0v) is 14.3. The fourth-order valence-corrected chi connectivity index (χ4v) is 2.28. The molecule has 0 bridgehead atoms. The molecule has 0 heterocycles. The van der Waals surface area contributed by atoms with Gasteiger partial charge in [-0.15, -0.1) is 0 Å². The lowest BCUT2D eigenvalue weighted by Gasteiger charge is -2.10. The summed E-state index contributed by atoms with van der Waals surface area (Å²) in [5.41, 5.74) is 2.27. The highest BCUT2D eigenvalue weighted by atomic mass is 35.5. The van der Waals surface area contributed by atoms with Gasteiger partial charge >= 0.3 is 0 Å². The highest BCUT2D eigenvalue weighted by Crippen LogP contribution is 2.22. The van der Waals surface area contributed by atoms with Crippen molar-refractivity contribution in [1.29, 1.82) is 0 Å². The second-order valence-electron chi connectivity index (χ2n) is 5.26. The van der Waals surface area contributed by atoms with Crippen LogP contribution in [0.15, 0.2) is 42.5 Å². The number of amides is 2. The summed E-state index contributed by atoms with van der Waals surface area (Å²) in [6, 6.07) is 12.5. The molecular weight excluding hydrogens is 328 g/mol. The van der Waals surface area contributed by atoms with Crippen LogP contribution in [0.2, 0.25) is 5.02 Å². The summed E-state index contributed by atoms with van der Waals surface area (Å²) in [6.45, 7) is 1.72. The molecule has 5 nitrogen and oxygen atoms in total. The van der Waals surface area contributed by atoms with E-state index in [4.69, 9.17) is 16.3 Å². The quantitative estimate of drug-likeness (QED) is 0.845. The number of carbonyl (C=O) groups is 2. The van der Waals surface area contributed by atoms with Crippen molar-refractivity contribution in [2.24, 2.45) is 0 Å². The highest BCUT2D eigenvalue weighted by molar-refractivity contribution is 6.31. The van der Waals surface area contributed by atoms with Crippen LogP contribution in [0, 0.1) is 6.92 Å². The Morgan fingerprint density at radius 1 is 1.08 bits per heavy atom. The summed E-state index contributed by atoms with van der Waals surface area (Å²) in [5.74, 6) is 0.206. The van der Waals surface area contributed by atoms with Gasteiger partial charge in [-0.05, 0) is 42.3 Å². The van der Waals surface area contributed by atoms with Gasteiger partial charge in [0.05, 0.1) is 20.1 Å². The van der Waals surface area contributed by atoms with Crippen molar-refractivity contribution in [2.45, 2.75) is 13.3 Å². The van der Waals surface area contributed by atoms with Crippen LogP contribution in [0.25, 0.3) is 0 Å². The van der Waals surface area contributed by atoms with E-state index in [1.807, 2.05) is 19.1 Å². The first-order valence-electron chi connectivity index (χ1n) is 7.44. The number of rotatable bonds is 6. The lowest BCUT2D eigenvalue weighted by molar-refractivity contribution is -0.123. The van der Waals surface area contributed by atoms with Gasteiger partial charge in [-0.1, -0.05) is 29.8 Å². The summed E-state index contributed by atoms with van der Waals surface area (Å²) < 4.78 is 5.06. The van der Waals surface area contributed by atoms with E-state index in [0.717, 1.165) is 16.9 Å². The Bertz CT molecular complexity index is 730. The molecule has 0 atom stereocenters. The topological polar surface area (TPSA) is 67.4 Å². The minimum atomic E-state index is -0.302. The fourth-order valence-electron chi connectivity index (χ4n) is 2.11. The number of halogens is 1. The van der Waals surface area contributed by atoms with Crippen molar-refractivity contribution in [3.05, 3.63) is 58.6 Å². The van der Waals surface area contributed by atoms with Crippen molar-refractivity contribution in [2.75, 3.05) is 19.0 Å². The van der Waals surface area contributed by atoms with Crippen molar-refractivity contribution < 1.29 is 14.3 Å². The van der Waals surface area contributed by atoms with E-state index in [0.29, 0.717) is 10.7 Å². The number of carbonyl (C=O) groups excluding carboxylic acids is 2. The van der Waals surface area contributed by atoms with Crippen molar-refractivity contribution >= 4 is 29.1 Å².